The minimum atomic E-state index is 1.29. The predicted octanol–water partition coefficient (Wildman–Crippen LogP) is 6.94. The third-order valence-corrected chi connectivity index (χ3v) is 5.38. The van der Waals surface area contributed by atoms with Crippen molar-refractivity contribution in [3.05, 3.63) is 75.8 Å². The fraction of sp³-hybridized carbons (Fsp3) is 0.308. The predicted molar refractivity (Wildman–Crippen MR) is 120 cm³/mol. The highest BCUT2D eigenvalue weighted by atomic mass is 15.1. The molecule has 1 nitrogen and oxygen atoms in total. The van der Waals surface area contributed by atoms with Crippen LogP contribution in [0.2, 0.25) is 0 Å². The number of rotatable bonds is 3. The number of para-hydroxylation sites is 1. The molecule has 0 radical (unpaired) electrons. The minimum Gasteiger partial charge on any atom is -0.377 e. The molecule has 0 bridgehead atoms. The molecule has 0 aliphatic rings. The van der Waals surface area contributed by atoms with Crippen LogP contribution in [0.5, 0.6) is 0 Å². The molecule has 0 aromatic heterocycles. The normalized spacial score (nSPS) is 11.0. The van der Waals surface area contributed by atoms with Gasteiger partial charge in [0.1, 0.15) is 0 Å². The summed E-state index contributed by atoms with van der Waals surface area (Å²) >= 11 is 0. The van der Waals surface area contributed by atoms with Crippen molar-refractivity contribution in [1.29, 1.82) is 0 Å². The molecule has 27 heavy (non-hydrogen) atoms. The van der Waals surface area contributed by atoms with Crippen LogP contribution in [0.15, 0.2) is 42.5 Å². The second-order valence-corrected chi connectivity index (χ2v) is 8.14. The van der Waals surface area contributed by atoms with Crippen molar-refractivity contribution in [3.8, 4) is 22.3 Å². The van der Waals surface area contributed by atoms with Gasteiger partial charge in [0.15, 0.2) is 0 Å². The zero-order valence-electron chi connectivity index (χ0n) is 18.0. The van der Waals surface area contributed by atoms with E-state index in [0.717, 1.165) is 0 Å². The Kier molecular flexibility index (Phi) is 5.15. The van der Waals surface area contributed by atoms with E-state index in [1.807, 2.05) is 0 Å². The molecule has 0 N–H and O–H groups in total. The Labute approximate surface area is 164 Å². The van der Waals surface area contributed by atoms with Gasteiger partial charge in [0.2, 0.25) is 0 Å². The van der Waals surface area contributed by atoms with Gasteiger partial charge in [0, 0.05) is 25.2 Å². The Balaban J connectivity index is 2.37. The summed E-state index contributed by atoms with van der Waals surface area (Å²) in [5.74, 6) is 0. The molecule has 0 heterocycles. The summed E-state index contributed by atoms with van der Waals surface area (Å²) in [4.78, 5) is 2.27. The molecular weight excluding hydrogens is 326 g/mol. The van der Waals surface area contributed by atoms with Gasteiger partial charge in [-0.15, -0.1) is 0 Å². The summed E-state index contributed by atoms with van der Waals surface area (Å²) in [6.45, 7) is 13.2. The lowest BCUT2D eigenvalue weighted by molar-refractivity contribution is 1.13. The SMILES string of the molecule is Cc1cc(C)c(-c2cccc(-c3c(C)cc(C)cc3C)c2N(C)C)c(C)c1. The third kappa shape index (κ3) is 3.51. The van der Waals surface area contributed by atoms with Gasteiger partial charge >= 0.3 is 0 Å². The number of hydrogen-bond acceptors (Lipinski definition) is 1. The zero-order chi connectivity index (χ0) is 19.9. The van der Waals surface area contributed by atoms with Gasteiger partial charge in [0.05, 0.1) is 5.69 Å². The van der Waals surface area contributed by atoms with Crippen molar-refractivity contribution in [2.75, 3.05) is 19.0 Å². The molecule has 3 aromatic rings. The number of aryl methyl sites for hydroxylation is 6. The van der Waals surface area contributed by atoms with Crippen LogP contribution in [-0.4, -0.2) is 14.1 Å². The Hall–Kier alpha value is -2.54. The maximum atomic E-state index is 2.29. The van der Waals surface area contributed by atoms with E-state index in [2.05, 4.69) is 103 Å². The molecule has 0 amide bonds. The summed E-state index contributed by atoms with van der Waals surface area (Å²) in [7, 11) is 4.31. The molecule has 0 fully saturated rings. The molecule has 0 unspecified atom stereocenters. The fourth-order valence-corrected chi connectivity index (χ4v) is 4.64. The van der Waals surface area contributed by atoms with E-state index in [1.165, 1.54) is 61.3 Å². The second-order valence-electron chi connectivity index (χ2n) is 8.14. The van der Waals surface area contributed by atoms with Crippen LogP contribution < -0.4 is 4.90 Å². The maximum Gasteiger partial charge on any atom is 0.0520 e. The van der Waals surface area contributed by atoms with E-state index in [0.29, 0.717) is 0 Å². The van der Waals surface area contributed by atoms with E-state index in [4.69, 9.17) is 0 Å². The van der Waals surface area contributed by atoms with Gasteiger partial charge in [-0.05, 0) is 74.9 Å². The zero-order valence-corrected chi connectivity index (χ0v) is 18.0. The van der Waals surface area contributed by atoms with Gasteiger partial charge < -0.3 is 4.90 Å². The largest absolute Gasteiger partial charge is 0.377 e. The monoisotopic (exact) mass is 357 g/mol. The van der Waals surface area contributed by atoms with E-state index in [9.17, 15) is 0 Å². The first-order valence-corrected chi connectivity index (χ1v) is 9.67. The van der Waals surface area contributed by atoms with Gasteiger partial charge in [-0.2, -0.15) is 0 Å². The molecule has 0 saturated heterocycles. The van der Waals surface area contributed by atoms with Crippen molar-refractivity contribution in [3.63, 3.8) is 0 Å². The second kappa shape index (κ2) is 7.23. The molecule has 3 rings (SSSR count). The number of benzene rings is 3. The smallest absolute Gasteiger partial charge is 0.0520 e. The lowest BCUT2D eigenvalue weighted by Crippen LogP contribution is -2.12. The number of hydrogen-bond donors (Lipinski definition) is 0. The Morgan fingerprint density at radius 3 is 1.19 bits per heavy atom. The van der Waals surface area contributed by atoms with Crippen LogP contribution >= 0.6 is 0 Å². The van der Waals surface area contributed by atoms with Gasteiger partial charge in [-0.1, -0.05) is 53.6 Å². The van der Waals surface area contributed by atoms with E-state index in [-0.39, 0.29) is 0 Å². The van der Waals surface area contributed by atoms with Crippen LogP contribution in [0, 0.1) is 41.5 Å². The topological polar surface area (TPSA) is 3.24 Å². The quantitative estimate of drug-likeness (QED) is 0.491. The fourth-order valence-electron chi connectivity index (χ4n) is 4.64. The van der Waals surface area contributed by atoms with E-state index >= 15 is 0 Å². The first kappa shape index (κ1) is 19.2. The van der Waals surface area contributed by atoms with Crippen molar-refractivity contribution >= 4 is 5.69 Å². The van der Waals surface area contributed by atoms with Crippen molar-refractivity contribution in [2.24, 2.45) is 0 Å². The first-order chi connectivity index (χ1) is 12.7. The van der Waals surface area contributed by atoms with Crippen molar-refractivity contribution < 1.29 is 0 Å². The average Bonchev–Trinajstić information content (AvgIpc) is 2.52. The Morgan fingerprint density at radius 1 is 0.556 bits per heavy atom. The Morgan fingerprint density at radius 2 is 0.889 bits per heavy atom. The standard InChI is InChI=1S/C26H31N/c1-16-12-18(3)24(19(4)13-16)22-10-9-11-23(26(22)27(7)8)25-20(5)14-17(2)15-21(25)6/h9-15H,1-8H3. The Bertz CT molecular complexity index is 887. The van der Waals surface area contributed by atoms with Gasteiger partial charge in [-0.3, -0.25) is 0 Å². The first-order valence-electron chi connectivity index (χ1n) is 9.67. The molecule has 0 spiro atoms. The lowest BCUT2D eigenvalue weighted by atomic mass is 9.87. The molecule has 0 atom stereocenters. The van der Waals surface area contributed by atoms with Crippen LogP contribution in [0.25, 0.3) is 22.3 Å². The van der Waals surface area contributed by atoms with E-state index < -0.39 is 0 Å². The van der Waals surface area contributed by atoms with Crippen LogP contribution in [0.1, 0.15) is 33.4 Å². The third-order valence-electron chi connectivity index (χ3n) is 5.38. The van der Waals surface area contributed by atoms with Gasteiger partial charge in [-0.25, -0.2) is 0 Å². The van der Waals surface area contributed by atoms with Crippen LogP contribution in [0.4, 0.5) is 5.69 Å². The highest BCUT2D eigenvalue weighted by molar-refractivity contribution is 5.94. The van der Waals surface area contributed by atoms with Crippen LogP contribution in [-0.2, 0) is 0 Å². The minimum absolute atomic E-state index is 1.29. The average molecular weight is 358 g/mol. The summed E-state index contributed by atoms with van der Waals surface area (Å²) in [5.41, 5.74) is 14.6. The summed E-state index contributed by atoms with van der Waals surface area (Å²) in [5, 5.41) is 0. The summed E-state index contributed by atoms with van der Waals surface area (Å²) in [6.07, 6.45) is 0. The highest BCUT2D eigenvalue weighted by Gasteiger charge is 2.19. The highest BCUT2D eigenvalue weighted by Crippen LogP contribution is 2.43. The van der Waals surface area contributed by atoms with Crippen LogP contribution in [0.3, 0.4) is 0 Å². The molecule has 0 aliphatic carbocycles. The molecular formula is C26H31N. The maximum absolute atomic E-state index is 2.29. The molecule has 3 aromatic carbocycles. The molecule has 140 valence electrons. The summed E-state index contributed by atoms with van der Waals surface area (Å²) in [6, 6.07) is 15.9. The molecule has 1 heteroatoms. The molecule has 0 aliphatic heterocycles. The number of nitrogens with zero attached hydrogens (tertiary/aromatic N) is 1. The van der Waals surface area contributed by atoms with E-state index in [1.54, 1.807) is 0 Å². The summed E-state index contributed by atoms with van der Waals surface area (Å²) < 4.78 is 0. The van der Waals surface area contributed by atoms with Crippen molar-refractivity contribution in [2.45, 2.75) is 41.5 Å². The van der Waals surface area contributed by atoms with Gasteiger partial charge in [0.25, 0.3) is 0 Å². The number of anilines is 1. The molecule has 0 saturated carbocycles. The van der Waals surface area contributed by atoms with Crippen molar-refractivity contribution in [1.82, 2.24) is 0 Å². The lowest BCUT2D eigenvalue weighted by Gasteiger charge is -2.25.